The van der Waals surface area contributed by atoms with E-state index in [1.807, 2.05) is 25.1 Å². The predicted octanol–water partition coefficient (Wildman–Crippen LogP) is 6.93. The van der Waals surface area contributed by atoms with Gasteiger partial charge in [0, 0.05) is 28.8 Å². The lowest BCUT2D eigenvalue weighted by Gasteiger charge is -2.14. The quantitative estimate of drug-likeness (QED) is 0.247. The van der Waals surface area contributed by atoms with Crippen LogP contribution in [0.2, 0.25) is 15.1 Å². The summed E-state index contributed by atoms with van der Waals surface area (Å²) in [5.41, 5.74) is 10.2. The van der Waals surface area contributed by atoms with Crippen LogP contribution in [-0.2, 0) is 6.42 Å². The Morgan fingerprint density at radius 2 is 1.82 bits per heavy atom. The van der Waals surface area contributed by atoms with Gasteiger partial charge in [-0.25, -0.2) is 9.97 Å². The van der Waals surface area contributed by atoms with Gasteiger partial charge in [-0.1, -0.05) is 46.9 Å². The van der Waals surface area contributed by atoms with Crippen molar-refractivity contribution in [1.82, 2.24) is 15.0 Å². The third-order valence-corrected chi connectivity index (χ3v) is 7.70. The van der Waals surface area contributed by atoms with Gasteiger partial charge in [-0.05, 0) is 36.2 Å². The molecular formula is C24H16Cl3N5OS. The van der Waals surface area contributed by atoms with Crippen molar-refractivity contribution in [3.63, 3.8) is 0 Å². The Labute approximate surface area is 213 Å². The molecule has 5 rings (SSSR count). The summed E-state index contributed by atoms with van der Waals surface area (Å²) in [4.78, 5) is 26.0. The zero-order valence-corrected chi connectivity index (χ0v) is 20.8. The number of halogens is 3. The first-order valence-electron chi connectivity index (χ1n) is 10.1. The largest absolute Gasteiger partial charge is 0.382 e. The Hall–Kier alpha value is -2.97. The van der Waals surface area contributed by atoms with E-state index in [9.17, 15) is 4.79 Å². The van der Waals surface area contributed by atoms with Crippen molar-refractivity contribution < 1.29 is 4.79 Å². The van der Waals surface area contributed by atoms with Crippen LogP contribution in [0.15, 0.2) is 48.2 Å². The highest BCUT2D eigenvalue weighted by Crippen LogP contribution is 2.34. The number of amides is 1. The number of hydrogen-bond donors (Lipinski definition) is 2. The van der Waals surface area contributed by atoms with Gasteiger partial charge in [0.1, 0.15) is 12.1 Å². The van der Waals surface area contributed by atoms with E-state index in [1.54, 1.807) is 23.7 Å². The average Bonchev–Trinajstić information content (AvgIpc) is 3.25. The molecule has 0 unspecified atom stereocenters. The van der Waals surface area contributed by atoms with Crippen LogP contribution in [0, 0.1) is 6.92 Å². The van der Waals surface area contributed by atoms with Crippen molar-refractivity contribution >= 4 is 84.5 Å². The van der Waals surface area contributed by atoms with Gasteiger partial charge in [0.2, 0.25) is 0 Å². The van der Waals surface area contributed by atoms with Crippen molar-refractivity contribution in [2.24, 2.45) is 0 Å². The van der Waals surface area contributed by atoms with Crippen LogP contribution in [0.1, 0.15) is 27.2 Å². The first-order valence-corrected chi connectivity index (χ1v) is 12.1. The number of carbonyl (C=O) groups excluding carboxylic acids is 1. The van der Waals surface area contributed by atoms with Gasteiger partial charge >= 0.3 is 0 Å². The highest BCUT2D eigenvalue weighted by molar-refractivity contribution is 7.18. The summed E-state index contributed by atoms with van der Waals surface area (Å²) < 4.78 is 0.689. The summed E-state index contributed by atoms with van der Waals surface area (Å²) in [7, 11) is 0. The SMILES string of the molecule is Cc1ccc2c(Cc3cc(Cl)c(Cl)c(Cl)c3)nccc2c1NC(=O)c1csc2c(N)ncnc12. The second kappa shape index (κ2) is 9.00. The first kappa shape index (κ1) is 22.8. The number of fused-ring (bicyclic) bond motifs is 2. The van der Waals surface area contributed by atoms with Crippen molar-refractivity contribution in [3.05, 3.63) is 85.7 Å². The number of rotatable bonds is 4. The molecule has 2 aromatic carbocycles. The molecule has 0 radical (unpaired) electrons. The van der Waals surface area contributed by atoms with Crippen LogP contribution in [0.5, 0.6) is 0 Å². The van der Waals surface area contributed by atoms with E-state index in [1.165, 1.54) is 17.7 Å². The number of benzene rings is 2. The predicted molar refractivity (Wildman–Crippen MR) is 141 cm³/mol. The lowest BCUT2D eigenvalue weighted by Crippen LogP contribution is -2.13. The maximum atomic E-state index is 13.2. The zero-order chi connectivity index (χ0) is 24.0. The van der Waals surface area contributed by atoms with E-state index in [2.05, 4.69) is 20.3 Å². The third kappa shape index (κ3) is 4.05. The normalized spacial score (nSPS) is 11.3. The first-order chi connectivity index (χ1) is 16.3. The number of pyridine rings is 1. The minimum atomic E-state index is -0.269. The number of anilines is 2. The molecule has 6 nitrogen and oxygen atoms in total. The van der Waals surface area contributed by atoms with Gasteiger partial charge in [0.05, 0.1) is 42.2 Å². The number of nitrogens with zero attached hydrogens (tertiary/aromatic N) is 3. The van der Waals surface area contributed by atoms with Crippen LogP contribution < -0.4 is 11.1 Å². The van der Waals surface area contributed by atoms with Crippen molar-refractivity contribution in [3.8, 4) is 0 Å². The summed E-state index contributed by atoms with van der Waals surface area (Å²) in [5.74, 6) is 0.0862. The van der Waals surface area contributed by atoms with E-state index in [0.29, 0.717) is 48.8 Å². The maximum Gasteiger partial charge on any atom is 0.258 e. The Balaban J connectivity index is 1.54. The second-order valence-electron chi connectivity index (χ2n) is 7.70. The third-order valence-electron chi connectivity index (χ3n) is 5.52. The molecule has 0 atom stereocenters. The molecule has 0 spiro atoms. The van der Waals surface area contributed by atoms with Gasteiger partial charge < -0.3 is 11.1 Å². The summed E-state index contributed by atoms with van der Waals surface area (Å²) in [6.07, 6.45) is 3.58. The molecule has 5 aromatic rings. The number of carbonyl (C=O) groups is 1. The average molecular weight is 529 g/mol. The van der Waals surface area contributed by atoms with E-state index in [0.717, 1.165) is 27.6 Å². The number of nitrogens with two attached hydrogens (primary N) is 1. The standard InChI is InChI=1S/C24H16Cl3N5OS/c1-11-2-3-13-14(4-5-29-18(13)8-12-6-16(25)19(27)17(26)7-12)20(11)32-24(33)15-9-34-22-21(15)30-10-31-23(22)28/h2-7,9-10H,8H2,1H3,(H,32,33)(H2,28,30,31). The molecular weight excluding hydrogens is 513 g/mol. The molecule has 0 saturated heterocycles. The Morgan fingerprint density at radius 1 is 1.06 bits per heavy atom. The Bertz CT molecular complexity index is 1580. The van der Waals surface area contributed by atoms with Gasteiger partial charge in [0.25, 0.3) is 5.91 Å². The second-order valence-corrected chi connectivity index (χ2v) is 9.77. The minimum Gasteiger partial charge on any atom is -0.382 e. The number of hydrogen-bond acceptors (Lipinski definition) is 6. The Morgan fingerprint density at radius 3 is 2.59 bits per heavy atom. The number of nitrogens with one attached hydrogen (secondary N) is 1. The fourth-order valence-corrected chi connectivity index (χ4v) is 5.39. The molecule has 0 saturated carbocycles. The molecule has 170 valence electrons. The fourth-order valence-electron chi connectivity index (χ4n) is 3.85. The Kier molecular flexibility index (Phi) is 6.04. The molecule has 0 bridgehead atoms. The summed E-state index contributed by atoms with van der Waals surface area (Å²) in [6, 6.07) is 9.40. The molecule has 34 heavy (non-hydrogen) atoms. The lowest BCUT2D eigenvalue weighted by molar-refractivity contribution is 0.102. The maximum absolute atomic E-state index is 13.2. The van der Waals surface area contributed by atoms with E-state index >= 15 is 0 Å². The molecule has 10 heteroatoms. The minimum absolute atomic E-state index is 0.269. The fraction of sp³-hybridized carbons (Fsp3) is 0.0833. The smallest absolute Gasteiger partial charge is 0.258 e. The van der Waals surface area contributed by atoms with Crippen LogP contribution in [0.3, 0.4) is 0 Å². The van der Waals surface area contributed by atoms with Crippen molar-refractivity contribution in [1.29, 1.82) is 0 Å². The molecule has 3 N–H and O–H groups in total. The number of aryl methyl sites for hydroxylation is 1. The summed E-state index contributed by atoms with van der Waals surface area (Å²) in [6.45, 7) is 1.94. The van der Waals surface area contributed by atoms with Crippen LogP contribution in [-0.4, -0.2) is 20.9 Å². The van der Waals surface area contributed by atoms with Gasteiger partial charge in [-0.15, -0.1) is 11.3 Å². The van der Waals surface area contributed by atoms with Gasteiger partial charge in [-0.2, -0.15) is 0 Å². The number of thiophene rings is 1. The monoisotopic (exact) mass is 527 g/mol. The van der Waals surface area contributed by atoms with Gasteiger partial charge in [0.15, 0.2) is 0 Å². The van der Waals surface area contributed by atoms with E-state index in [-0.39, 0.29) is 5.91 Å². The molecule has 0 aliphatic rings. The van der Waals surface area contributed by atoms with Crippen LogP contribution in [0.25, 0.3) is 21.0 Å². The summed E-state index contributed by atoms with van der Waals surface area (Å²) >= 11 is 19.8. The summed E-state index contributed by atoms with van der Waals surface area (Å²) in [5, 5.41) is 7.69. The number of aromatic nitrogens is 3. The van der Waals surface area contributed by atoms with E-state index in [4.69, 9.17) is 40.5 Å². The van der Waals surface area contributed by atoms with Crippen molar-refractivity contribution in [2.75, 3.05) is 11.1 Å². The topological polar surface area (TPSA) is 93.8 Å². The van der Waals surface area contributed by atoms with Crippen LogP contribution >= 0.6 is 46.1 Å². The van der Waals surface area contributed by atoms with Gasteiger partial charge in [-0.3, -0.25) is 9.78 Å². The molecule has 3 heterocycles. The van der Waals surface area contributed by atoms with Crippen molar-refractivity contribution in [2.45, 2.75) is 13.3 Å². The molecule has 0 fully saturated rings. The highest BCUT2D eigenvalue weighted by atomic mass is 35.5. The number of nitrogen functional groups attached to an aromatic ring is 1. The zero-order valence-electron chi connectivity index (χ0n) is 17.7. The molecule has 0 aliphatic heterocycles. The highest BCUT2D eigenvalue weighted by Gasteiger charge is 2.18. The molecule has 1 amide bonds. The van der Waals surface area contributed by atoms with Crippen LogP contribution in [0.4, 0.5) is 11.5 Å². The molecule has 0 aliphatic carbocycles. The molecule has 3 aromatic heterocycles. The lowest BCUT2D eigenvalue weighted by atomic mass is 10.00. The van der Waals surface area contributed by atoms with E-state index < -0.39 is 0 Å².